The van der Waals surface area contributed by atoms with E-state index in [2.05, 4.69) is 5.32 Å². The molecule has 1 aliphatic rings. The quantitative estimate of drug-likeness (QED) is 0.895. The van der Waals surface area contributed by atoms with E-state index in [9.17, 15) is 13.2 Å². The maximum absolute atomic E-state index is 12.6. The molecule has 0 aliphatic carbocycles. The molecule has 2 amide bonds. The highest BCUT2D eigenvalue weighted by molar-refractivity contribution is 7.89. The van der Waals surface area contributed by atoms with Crippen LogP contribution in [0.15, 0.2) is 59.5 Å². The first-order valence-electron chi connectivity index (χ1n) is 8.12. The van der Waals surface area contributed by atoms with Crippen molar-refractivity contribution >= 4 is 21.7 Å². The molecule has 0 unspecified atom stereocenters. The molecule has 2 aromatic carbocycles. The Labute approximate surface area is 152 Å². The number of hydrogen-bond donors (Lipinski definition) is 1. The van der Waals surface area contributed by atoms with Gasteiger partial charge in [-0.1, -0.05) is 18.2 Å². The maximum Gasteiger partial charge on any atom is 0.321 e. The molecule has 1 aliphatic heterocycles. The molecule has 1 heterocycles. The summed E-state index contributed by atoms with van der Waals surface area (Å²) in [4.78, 5) is 14.2. The minimum atomic E-state index is -3.53. The number of benzene rings is 2. The number of rotatable bonds is 3. The zero-order valence-electron chi connectivity index (χ0n) is 14.0. The van der Waals surface area contributed by atoms with E-state index >= 15 is 0 Å². The number of carbonyl (C=O) groups excluding carboxylic acids is 1. The van der Waals surface area contributed by atoms with Crippen LogP contribution in [0.25, 0.3) is 0 Å². The second-order valence-electron chi connectivity index (χ2n) is 5.82. The predicted molar refractivity (Wildman–Crippen MR) is 96.9 cm³/mol. The Hall–Kier alpha value is -2.89. The molecule has 7 nitrogen and oxygen atoms in total. The average Bonchev–Trinajstić information content (AvgIpc) is 2.69. The van der Waals surface area contributed by atoms with Crippen LogP contribution in [-0.4, -0.2) is 49.8 Å². The lowest BCUT2D eigenvalue weighted by molar-refractivity contribution is 0.184. The van der Waals surface area contributed by atoms with Crippen LogP contribution in [0, 0.1) is 11.3 Å². The molecule has 0 atom stereocenters. The molecule has 0 saturated carbocycles. The number of nitrogens with one attached hydrogen (secondary N) is 1. The van der Waals surface area contributed by atoms with Crippen LogP contribution in [0.3, 0.4) is 0 Å². The van der Waals surface area contributed by atoms with E-state index in [0.29, 0.717) is 24.3 Å². The van der Waals surface area contributed by atoms with Crippen molar-refractivity contribution in [2.24, 2.45) is 0 Å². The molecule has 8 heteroatoms. The smallest absolute Gasteiger partial charge is 0.321 e. The summed E-state index contributed by atoms with van der Waals surface area (Å²) in [6.45, 7) is 1.12. The topological polar surface area (TPSA) is 93.5 Å². The van der Waals surface area contributed by atoms with Gasteiger partial charge in [0.15, 0.2) is 0 Å². The van der Waals surface area contributed by atoms with E-state index < -0.39 is 10.0 Å². The third-order valence-electron chi connectivity index (χ3n) is 4.17. The highest BCUT2D eigenvalue weighted by Crippen LogP contribution is 2.18. The molecule has 2 aromatic rings. The fraction of sp³-hybridized carbons (Fsp3) is 0.222. The van der Waals surface area contributed by atoms with Gasteiger partial charge in [-0.15, -0.1) is 0 Å². The number of amides is 2. The van der Waals surface area contributed by atoms with Gasteiger partial charge in [-0.25, -0.2) is 13.2 Å². The standard InChI is InChI=1S/C18H18N4O3S/c19-14-15-6-8-16(9-7-15)20-18(23)21-10-12-22(13-11-21)26(24,25)17-4-2-1-3-5-17/h1-9H,10-13H2,(H,20,23). The Balaban J connectivity index is 1.59. The number of sulfonamides is 1. The molecule has 0 bridgehead atoms. The van der Waals surface area contributed by atoms with Crippen molar-refractivity contribution in [1.82, 2.24) is 9.21 Å². The van der Waals surface area contributed by atoms with Crippen LogP contribution >= 0.6 is 0 Å². The third kappa shape index (κ3) is 3.85. The minimum Gasteiger partial charge on any atom is -0.322 e. The van der Waals surface area contributed by atoms with Crippen molar-refractivity contribution in [3.8, 4) is 6.07 Å². The molecule has 26 heavy (non-hydrogen) atoms. The van der Waals surface area contributed by atoms with Crippen molar-refractivity contribution in [3.63, 3.8) is 0 Å². The van der Waals surface area contributed by atoms with Gasteiger partial charge in [0.2, 0.25) is 10.0 Å². The summed E-state index contributed by atoms with van der Waals surface area (Å²) >= 11 is 0. The van der Waals surface area contributed by atoms with Gasteiger partial charge < -0.3 is 10.2 Å². The van der Waals surface area contributed by atoms with Gasteiger partial charge in [-0.3, -0.25) is 0 Å². The maximum atomic E-state index is 12.6. The first kappa shape index (κ1) is 17.9. The van der Waals surface area contributed by atoms with Crippen molar-refractivity contribution in [2.75, 3.05) is 31.5 Å². The number of hydrogen-bond acceptors (Lipinski definition) is 4. The van der Waals surface area contributed by atoms with Crippen molar-refractivity contribution < 1.29 is 13.2 Å². The molecule has 0 aromatic heterocycles. The molecule has 134 valence electrons. The lowest BCUT2D eigenvalue weighted by atomic mass is 10.2. The highest BCUT2D eigenvalue weighted by Gasteiger charge is 2.29. The largest absolute Gasteiger partial charge is 0.322 e. The summed E-state index contributed by atoms with van der Waals surface area (Å²) < 4.78 is 26.6. The Morgan fingerprint density at radius 1 is 0.962 bits per heavy atom. The summed E-state index contributed by atoms with van der Waals surface area (Å²) in [6, 6.07) is 16.6. The Morgan fingerprint density at radius 2 is 1.58 bits per heavy atom. The van der Waals surface area contributed by atoms with Gasteiger partial charge >= 0.3 is 6.03 Å². The minimum absolute atomic E-state index is 0.248. The second kappa shape index (κ2) is 7.56. The first-order valence-corrected chi connectivity index (χ1v) is 9.56. The van der Waals surface area contributed by atoms with Crippen LogP contribution in [0.5, 0.6) is 0 Å². The van der Waals surface area contributed by atoms with Gasteiger partial charge in [-0.2, -0.15) is 9.57 Å². The molecule has 1 saturated heterocycles. The Bertz CT molecular complexity index is 913. The number of nitrogens with zero attached hydrogens (tertiary/aromatic N) is 3. The number of piperazine rings is 1. The second-order valence-corrected chi connectivity index (χ2v) is 7.76. The highest BCUT2D eigenvalue weighted by atomic mass is 32.2. The summed E-state index contributed by atoms with van der Waals surface area (Å²) in [5.74, 6) is 0. The number of carbonyl (C=O) groups is 1. The van der Waals surface area contributed by atoms with Crippen molar-refractivity contribution in [1.29, 1.82) is 5.26 Å². The molecule has 1 fully saturated rings. The predicted octanol–water partition coefficient (Wildman–Crippen LogP) is 2.10. The Morgan fingerprint density at radius 3 is 2.15 bits per heavy atom. The summed E-state index contributed by atoms with van der Waals surface area (Å²) in [6.07, 6.45) is 0. The number of urea groups is 1. The average molecular weight is 370 g/mol. The normalized spacial score (nSPS) is 15.3. The van der Waals surface area contributed by atoms with Gasteiger partial charge in [0.05, 0.1) is 16.5 Å². The summed E-state index contributed by atoms with van der Waals surface area (Å²) in [5, 5.41) is 11.5. The molecule has 0 radical (unpaired) electrons. The van der Waals surface area contributed by atoms with Crippen molar-refractivity contribution in [2.45, 2.75) is 4.90 Å². The van der Waals surface area contributed by atoms with Gasteiger partial charge in [-0.05, 0) is 36.4 Å². The van der Waals surface area contributed by atoms with Crippen LogP contribution in [0.2, 0.25) is 0 Å². The third-order valence-corrected chi connectivity index (χ3v) is 6.08. The van der Waals surface area contributed by atoms with Crippen LogP contribution in [-0.2, 0) is 10.0 Å². The SMILES string of the molecule is N#Cc1ccc(NC(=O)N2CCN(S(=O)(=O)c3ccccc3)CC2)cc1. The van der Waals surface area contributed by atoms with E-state index in [-0.39, 0.29) is 24.0 Å². The lowest BCUT2D eigenvalue weighted by Crippen LogP contribution is -2.51. The van der Waals surface area contributed by atoms with E-state index in [0.717, 1.165) is 0 Å². The lowest BCUT2D eigenvalue weighted by Gasteiger charge is -2.34. The van der Waals surface area contributed by atoms with E-state index in [4.69, 9.17) is 5.26 Å². The van der Waals surface area contributed by atoms with Gasteiger partial charge in [0, 0.05) is 31.9 Å². The molecule has 0 spiro atoms. The first-order chi connectivity index (χ1) is 12.5. The van der Waals surface area contributed by atoms with Crippen molar-refractivity contribution in [3.05, 3.63) is 60.2 Å². The molecular formula is C18H18N4O3S. The fourth-order valence-electron chi connectivity index (χ4n) is 2.70. The van der Waals surface area contributed by atoms with E-state index in [1.54, 1.807) is 59.5 Å². The van der Waals surface area contributed by atoms with E-state index in [1.165, 1.54) is 4.31 Å². The fourth-order valence-corrected chi connectivity index (χ4v) is 4.15. The van der Waals surface area contributed by atoms with Crippen LogP contribution < -0.4 is 5.32 Å². The van der Waals surface area contributed by atoms with Crippen LogP contribution in [0.1, 0.15) is 5.56 Å². The van der Waals surface area contributed by atoms with Gasteiger partial charge in [0.25, 0.3) is 0 Å². The molecule has 1 N–H and O–H groups in total. The molecule has 3 rings (SSSR count). The van der Waals surface area contributed by atoms with Crippen LogP contribution in [0.4, 0.5) is 10.5 Å². The Kier molecular flexibility index (Phi) is 5.21. The summed E-state index contributed by atoms with van der Waals surface area (Å²) in [7, 11) is -3.53. The number of nitriles is 1. The number of anilines is 1. The zero-order chi connectivity index (χ0) is 18.6. The monoisotopic (exact) mass is 370 g/mol. The van der Waals surface area contributed by atoms with E-state index in [1.807, 2.05) is 6.07 Å². The summed E-state index contributed by atoms with van der Waals surface area (Å²) in [5.41, 5.74) is 1.11. The zero-order valence-corrected chi connectivity index (χ0v) is 14.8. The van der Waals surface area contributed by atoms with Gasteiger partial charge in [0.1, 0.15) is 0 Å². The molecular weight excluding hydrogens is 352 g/mol.